The van der Waals surface area contributed by atoms with Gasteiger partial charge in [-0.2, -0.15) is 4.98 Å². The van der Waals surface area contributed by atoms with Crippen LogP contribution in [0, 0.1) is 0 Å². The summed E-state index contributed by atoms with van der Waals surface area (Å²) in [7, 11) is 0. The van der Waals surface area contributed by atoms with Gasteiger partial charge >= 0.3 is 0 Å². The molecule has 2 aromatic rings. The summed E-state index contributed by atoms with van der Waals surface area (Å²) in [6.45, 7) is 0. The van der Waals surface area contributed by atoms with E-state index in [0.29, 0.717) is 11.7 Å². The number of benzene rings is 1. The van der Waals surface area contributed by atoms with Crippen molar-refractivity contribution in [3.63, 3.8) is 0 Å². The minimum atomic E-state index is -0.325. The Balaban J connectivity index is 1.64. The number of rotatable bonds is 4. The highest BCUT2D eigenvalue weighted by atomic mass is 16.5. The van der Waals surface area contributed by atoms with E-state index in [1.54, 1.807) is 0 Å². The standard InChI is InChI=1S/C14H17N3O/c15-14(9-4-10-14)13-16-12(18-17-13)8-7-11-5-2-1-3-6-11/h1-3,5-6H,4,7-10,15H2. The van der Waals surface area contributed by atoms with Crippen LogP contribution < -0.4 is 5.73 Å². The fourth-order valence-corrected chi connectivity index (χ4v) is 2.24. The van der Waals surface area contributed by atoms with E-state index in [0.717, 1.165) is 32.1 Å². The number of aryl methyl sites for hydroxylation is 2. The smallest absolute Gasteiger partial charge is 0.227 e. The van der Waals surface area contributed by atoms with Gasteiger partial charge in [-0.15, -0.1) is 0 Å². The molecule has 0 unspecified atom stereocenters. The van der Waals surface area contributed by atoms with Crippen LogP contribution in [0.3, 0.4) is 0 Å². The fraction of sp³-hybridized carbons (Fsp3) is 0.429. The highest BCUT2D eigenvalue weighted by Gasteiger charge is 2.38. The summed E-state index contributed by atoms with van der Waals surface area (Å²) in [6, 6.07) is 10.3. The summed E-state index contributed by atoms with van der Waals surface area (Å²) in [5.41, 5.74) is 7.12. The molecule has 18 heavy (non-hydrogen) atoms. The van der Waals surface area contributed by atoms with Crippen molar-refractivity contribution in [3.8, 4) is 0 Å². The van der Waals surface area contributed by atoms with Crippen LogP contribution in [-0.4, -0.2) is 10.1 Å². The van der Waals surface area contributed by atoms with Gasteiger partial charge in [0.1, 0.15) is 0 Å². The molecule has 0 spiro atoms. The maximum absolute atomic E-state index is 6.16. The summed E-state index contributed by atoms with van der Waals surface area (Å²) >= 11 is 0. The van der Waals surface area contributed by atoms with E-state index in [1.807, 2.05) is 18.2 Å². The molecule has 4 heteroatoms. The quantitative estimate of drug-likeness (QED) is 0.894. The highest BCUT2D eigenvalue weighted by Crippen LogP contribution is 2.36. The van der Waals surface area contributed by atoms with Gasteiger partial charge in [0, 0.05) is 6.42 Å². The van der Waals surface area contributed by atoms with Crippen molar-refractivity contribution in [3.05, 3.63) is 47.6 Å². The van der Waals surface area contributed by atoms with E-state index in [-0.39, 0.29) is 5.54 Å². The second-order valence-electron chi connectivity index (χ2n) is 5.01. The van der Waals surface area contributed by atoms with Crippen LogP contribution in [0.2, 0.25) is 0 Å². The van der Waals surface area contributed by atoms with Crippen molar-refractivity contribution in [2.24, 2.45) is 5.73 Å². The van der Waals surface area contributed by atoms with Crippen molar-refractivity contribution in [1.29, 1.82) is 0 Å². The summed E-state index contributed by atoms with van der Waals surface area (Å²) in [6.07, 6.45) is 4.77. The van der Waals surface area contributed by atoms with E-state index in [4.69, 9.17) is 10.3 Å². The first-order chi connectivity index (χ1) is 8.76. The number of nitrogens with two attached hydrogens (primary N) is 1. The zero-order valence-electron chi connectivity index (χ0n) is 10.3. The van der Waals surface area contributed by atoms with E-state index < -0.39 is 0 Å². The van der Waals surface area contributed by atoms with E-state index >= 15 is 0 Å². The zero-order valence-corrected chi connectivity index (χ0v) is 10.3. The van der Waals surface area contributed by atoms with Crippen LogP contribution in [0.4, 0.5) is 0 Å². The Hall–Kier alpha value is -1.68. The Bertz CT molecular complexity index is 517. The molecule has 0 aliphatic heterocycles. The highest BCUT2D eigenvalue weighted by molar-refractivity contribution is 5.15. The lowest BCUT2D eigenvalue weighted by molar-refractivity contribution is 0.229. The molecule has 0 amide bonds. The largest absolute Gasteiger partial charge is 0.339 e. The zero-order chi connectivity index (χ0) is 12.4. The van der Waals surface area contributed by atoms with Gasteiger partial charge in [0.25, 0.3) is 0 Å². The molecule has 1 saturated carbocycles. The third-order valence-electron chi connectivity index (χ3n) is 3.63. The molecule has 4 nitrogen and oxygen atoms in total. The van der Waals surface area contributed by atoms with Gasteiger partial charge in [0.05, 0.1) is 5.54 Å². The number of hydrogen-bond donors (Lipinski definition) is 1. The summed E-state index contributed by atoms with van der Waals surface area (Å²) in [5, 5.41) is 4.01. The molecule has 1 aliphatic rings. The van der Waals surface area contributed by atoms with E-state index in [1.165, 1.54) is 5.56 Å². The van der Waals surface area contributed by atoms with E-state index in [9.17, 15) is 0 Å². The molecule has 1 aromatic heterocycles. The fourth-order valence-electron chi connectivity index (χ4n) is 2.24. The predicted octanol–water partition coefficient (Wildman–Crippen LogP) is 2.19. The predicted molar refractivity (Wildman–Crippen MR) is 67.9 cm³/mol. The Morgan fingerprint density at radius 2 is 1.94 bits per heavy atom. The molecular weight excluding hydrogens is 226 g/mol. The normalized spacial score (nSPS) is 17.4. The van der Waals surface area contributed by atoms with Crippen LogP contribution in [0.15, 0.2) is 34.9 Å². The minimum absolute atomic E-state index is 0.325. The lowest BCUT2D eigenvalue weighted by atomic mass is 9.77. The Morgan fingerprint density at radius 1 is 1.17 bits per heavy atom. The Kier molecular flexibility index (Phi) is 2.88. The minimum Gasteiger partial charge on any atom is -0.339 e. The van der Waals surface area contributed by atoms with E-state index in [2.05, 4.69) is 22.3 Å². The molecule has 2 N–H and O–H groups in total. The molecule has 0 atom stereocenters. The number of aromatic nitrogens is 2. The Labute approximate surface area is 106 Å². The maximum atomic E-state index is 6.16. The van der Waals surface area contributed by atoms with Crippen LogP contribution >= 0.6 is 0 Å². The van der Waals surface area contributed by atoms with Crippen LogP contribution in [0.1, 0.15) is 36.5 Å². The average Bonchev–Trinajstić information content (AvgIpc) is 2.84. The molecular formula is C14H17N3O. The first kappa shape index (κ1) is 11.4. The van der Waals surface area contributed by atoms with Crippen molar-refractivity contribution in [1.82, 2.24) is 10.1 Å². The molecule has 1 aliphatic carbocycles. The van der Waals surface area contributed by atoms with Gasteiger partial charge in [-0.25, -0.2) is 0 Å². The number of hydrogen-bond acceptors (Lipinski definition) is 4. The molecule has 1 heterocycles. The van der Waals surface area contributed by atoms with Crippen LogP contribution in [0.25, 0.3) is 0 Å². The first-order valence-corrected chi connectivity index (χ1v) is 6.42. The molecule has 1 fully saturated rings. The SMILES string of the molecule is NC1(c2noc(CCc3ccccc3)n2)CCC1. The summed E-state index contributed by atoms with van der Waals surface area (Å²) < 4.78 is 5.27. The first-order valence-electron chi connectivity index (χ1n) is 6.42. The van der Waals surface area contributed by atoms with Gasteiger partial charge in [-0.05, 0) is 31.2 Å². The topological polar surface area (TPSA) is 64.9 Å². The molecule has 0 radical (unpaired) electrons. The van der Waals surface area contributed by atoms with Crippen molar-refractivity contribution < 1.29 is 4.52 Å². The van der Waals surface area contributed by atoms with Gasteiger partial charge in [0.2, 0.25) is 5.89 Å². The molecule has 1 aromatic carbocycles. The van der Waals surface area contributed by atoms with Gasteiger partial charge in [-0.1, -0.05) is 35.5 Å². The molecule has 3 rings (SSSR count). The summed E-state index contributed by atoms with van der Waals surface area (Å²) in [5.74, 6) is 1.36. The summed E-state index contributed by atoms with van der Waals surface area (Å²) in [4.78, 5) is 4.42. The molecule has 0 saturated heterocycles. The molecule has 0 bridgehead atoms. The second kappa shape index (κ2) is 4.53. The van der Waals surface area contributed by atoms with Crippen molar-refractivity contribution in [2.45, 2.75) is 37.6 Å². The lowest BCUT2D eigenvalue weighted by Crippen LogP contribution is -2.44. The third-order valence-corrected chi connectivity index (χ3v) is 3.63. The second-order valence-corrected chi connectivity index (χ2v) is 5.01. The van der Waals surface area contributed by atoms with Crippen molar-refractivity contribution >= 4 is 0 Å². The van der Waals surface area contributed by atoms with Crippen molar-refractivity contribution in [2.75, 3.05) is 0 Å². The number of nitrogens with zero attached hydrogens (tertiary/aromatic N) is 2. The van der Waals surface area contributed by atoms with Crippen LogP contribution in [0.5, 0.6) is 0 Å². The van der Waals surface area contributed by atoms with Gasteiger partial charge in [-0.3, -0.25) is 0 Å². The van der Waals surface area contributed by atoms with Crippen LogP contribution in [-0.2, 0) is 18.4 Å². The maximum Gasteiger partial charge on any atom is 0.227 e. The third kappa shape index (κ3) is 2.16. The van der Waals surface area contributed by atoms with Gasteiger partial charge in [0.15, 0.2) is 5.82 Å². The average molecular weight is 243 g/mol. The monoisotopic (exact) mass is 243 g/mol. The lowest BCUT2D eigenvalue weighted by Gasteiger charge is -2.34. The molecule has 94 valence electrons. The Morgan fingerprint density at radius 3 is 2.61 bits per heavy atom. The van der Waals surface area contributed by atoms with Gasteiger partial charge < -0.3 is 10.3 Å².